The number of nitrogens with two attached hydrogens (primary N) is 1. The molecule has 2 N–H and O–H groups in total. The number of hydrogen-bond acceptors (Lipinski definition) is 4. The van der Waals surface area contributed by atoms with E-state index in [0.29, 0.717) is 0 Å². The summed E-state index contributed by atoms with van der Waals surface area (Å²) in [5, 5.41) is 0. The molecular weight excluding hydrogens is 326 g/mol. The summed E-state index contributed by atoms with van der Waals surface area (Å²) in [5.41, 5.74) is 8.79. The van der Waals surface area contributed by atoms with Crippen molar-refractivity contribution in [2.24, 2.45) is 11.7 Å². The van der Waals surface area contributed by atoms with Crippen molar-refractivity contribution in [2.45, 2.75) is 64.0 Å². The number of ether oxygens (including phenoxy) is 3. The van der Waals surface area contributed by atoms with Crippen molar-refractivity contribution < 1.29 is 14.2 Å². The molecule has 0 saturated carbocycles. The first kappa shape index (κ1) is 20.8. The molecule has 4 nitrogen and oxygen atoms in total. The maximum absolute atomic E-state index is 6.52. The van der Waals surface area contributed by atoms with Crippen LogP contribution in [0.5, 0.6) is 5.75 Å². The Bertz CT molecular complexity index is 626. The summed E-state index contributed by atoms with van der Waals surface area (Å²) in [7, 11) is 5.22. The highest BCUT2D eigenvalue weighted by Crippen LogP contribution is 2.51. The van der Waals surface area contributed by atoms with Crippen LogP contribution in [-0.2, 0) is 14.9 Å². The van der Waals surface area contributed by atoms with E-state index in [4.69, 9.17) is 19.9 Å². The Hall–Kier alpha value is -1.52. The van der Waals surface area contributed by atoms with Crippen LogP contribution in [0.15, 0.2) is 30.0 Å². The molecule has 0 aliphatic heterocycles. The van der Waals surface area contributed by atoms with Crippen LogP contribution < -0.4 is 10.5 Å². The summed E-state index contributed by atoms with van der Waals surface area (Å²) in [6, 6.07) is 6.37. The van der Waals surface area contributed by atoms with E-state index < -0.39 is 0 Å². The average Bonchev–Trinajstić information content (AvgIpc) is 2.65. The number of methoxy groups -OCH3 is 3. The average molecular weight is 362 g/mol. The lowest BCUT2D eigenvalue weighted by Crippen LogP contribution is -2.55. The third-order valence-corrected chi connectivity index (χ3v) is 5.96. The number of rotatable bonds is 8. The molecule has 0 heterocycles. The van der Waals surface area contributed by atoms with Crippen molar-refractivity contribution in [3.8, 4) is 5.75 Å². The van der Waals surface area contributed by atoms with Crippen LogP contribution in [0.3, 0.4) is 0 Å². The SMILES string of the molecule is CCCC[C@@]1(c2cc(OC)ccc2C)C(OC)C(OC)=CCC1C(C)N. The van der Waals surface area contributed by atoms with Gasteiger partial charge in [0.2, 0.25) is 0 Å². The largest absolute Gasteiger partial charge is 0.499 e. The number of allylic oxidation sites excluding steroid dienone is 1. The molecule has 3 unspecified atom stereocenters. The van der Waals surface area contributed by atoms with Crippen molar-refractivity contribution in [3.05, 3.63) is 41.2 Å². The molecule has 1 aliphatic carbocycles. The molecule has 146 valence electrons. The highest BCUT2D eigenvalue weighted by molar-refractivity contribution is 5.44. The Labute approximate surface area is 158 Å². The summed E-state index contributed by atoms with van der Waals surface area (Å²) >= 11 is 0. The molecule has 0 spiro atoms. The van der Waals surface area contributed by atoms with Gasteiger partial charge in [-0.3, -0.25) is 0 Å². The van der Waals surface area contributed by atoms with Crippen LogP contribution in [0, 0.1) is 12.8 Å². The van der Waals surface area contributed by atoms with E-state index in [9.17, 15) is 0 Å². The van der Waals surface area contributed by atoms with Crippen LogP contribution in [0.1, 0.15) is 50.7 Å². The van der Waals surface area contributed by atoms with Gasteiger partial charge in [0.25, 0.3) is 0 Å². The van der Waals surface area contributed by atoms with E-state index in [1.165, 1.54) is 11.1 Å². The molecule has 2 rings (SSSR count). The van der Waals surface area contributed by atoms with Gasteiger partial charge in [-0.25, -0.2) is 0 Å². The molecule has 0 fully saturated rings. The number of aryl methyl sites for hydroxylation is 1. The van der Waals surface area contributed by atoms with Crippen molar-refractivity contribution >= 4 is 0 Å². The summed E-state index contributed by atoms with van der Waals surface area (Å²) in [5.74, 6) is 2.04. The van der Waals surface area contributed by atoms with Crippen LogP contribution >= 0.6 is 0 Å². The van der Waals surface area contributed by atoms with E-state index in [1.807, 2.05) is 6.07 Å². The maximum atomic E-state index is 6.52. The van der Waals surface area contributed by atoms with Gasteiger partial charge in [-0.15, -0.1) is 0 Å². The van der Waals surface area contributed by atoms with Gasteiger partial charge < -0.3 is 19.9 Å². The lowest BCUT2D eigenvalue weighted by molar-refractivity contribution is -0.0268. The molecular formula is C22H35NO3. The molecule has 0 saturated heterocycles. The van der Waals surface area contributed by atoms with Gasteiger partial charge in [-0.1, -0.05) is 25.8 Å². The molecule has 26 heavy (non-hydrogen) atoms. The normalized spacial score (nSPS) is 27.0. The third-order valence-electron chi connectivity index (χ3n) is 5.96. The fourth-order valence-electron chi connectivity index (χ4n) is 4.70. The molecule has 1 aromatic rings. The van der Waals surface area contributed by atoms with E-state index in [-0.39, 0.29) is 23.5 Å². The second-order valence-electron chi connectivity index (χ2n) is 7.45. The Morgan fingerprint density at radius 2 is 1.96 bits per heavy atom. The van der Waals surface area contributed by atoms with Gasteiger partial charge in [-0.05, 0) is 61.9 Å². The lowest BCUT2D eigenvalue weighted by atomic mass is 9.57. The Balaban J connectivity index is 2.76. The van der Waals surface area contributed by atoms with E-state index in [2.05, 4.69) is 39.0 Å². The zero-order chi connectivity index (χ0) is 19.3. The van der Waals surface area contributed by atoms with Gasteiger partial charge in [-0.2, -0.15) is 0 Å². The Morgan fingerprint density at radius 3 is 2.50 bits per heavy atom. The van der Waals surface area contributed by atoms with Gasteiger partial charge in [0.1, 0.15) is 17.6 Å². The minimum atomic E-state index is -0.238. The van der Waals surface area contributed by atoms with Gasteiger partial charge in [0.15, 0.2) is 0 Å². The zero-order valence-electron chi connectivity index (χ0n) is 17.2. The van der Waals surface area contributed by atoms with E-state index >= 15 is 0 Å². The number of benzene rings is 1. The molecule has 0 bridgehead atoms. The van der Waals surface area contributed by atoms with Crippen LogP contribution in [0.25, 0.3) is 0 Å². The van der Waals surface area contributed by atoms with Crippen LogP contribution in [0.4, 0.5) is 0 Å². The topological polar surface area (TPSA) is 53.7 Å². The monoisotopic (exact) mass is 361 g/mol. The second kappa shape index (κ2) is 8.92. The Kier molecular flexibility index (Phi) is 7.13. The van der Waals surface area contributed by atoms with Gasteiger partial charge in [0, 0.05) is 18.6 Å². The molecule has 1 aromatic carbocycles. The quantitative estimate of drug-likeness (QED) is 0.748. The number of unbranched alkanes of at least 4 members (excludes halogenated alkanes) is 1. The van der Waals surface area contributed by atoms with Crippen LogP contribution in [0.2, 0.25) is 0 Å². The molecule has 4 atom stereocenters. The highest BCUT2D eigenvalue weighted by atomic mass is 16.5. The summed E-state index contributed by atoms with van der Waals surface area (Å²) in [6.07, 6.45) is 6.12. The highest BCUT2D eigenvalue weighted by Gasteiger charge is 2.52. The minimum absolute atomic E-state index is 0.0461. The van der Waals surface area contributed by atoms with E-state index in [0.717, 1.165) is 37.2 Å². The fourth-order valence-corrected chi connectivity index (χ4v) is 4.70. The smallest absolute Gasteiger partial charge is 0.124 e. The molecule has 4 heteroatoms. The predicted octanol–water partition coefficient (Wildman–Crippen LogP) is 4.34. The van der Waals surface area contributed by atoms with Crippen molar-refractivity contribution in [1.29, 1.82) is 0 Å². The first-order chi connectivity index (χ1) is 12.5. The fraction of sp³-hybridized carbons (Fsp3) is 0.636. The van der Waals surface area contributed by atoms with Crippen molar-refractivity contribution in [3.63, 3.8) is 0 Å². The molecule has 1 aliphatic rings. The molecule has 0 radical (unpaired) electrons. The summed E-state index contributed by atoms with van der Waals surface area (Å²) < 4.78 is 17.4. The van der Waals surface area contributed by atoms with Gasteiger partial charge >= 0.3 is 0 Å². The van der Waals surface area contributed by atoms with Gasteiger partial charge in [0.05, 0.1) is 14.2 Å². The van der Waals surface area contributed by atoms with Crippen molar-refractivity contribution in [2.75, 3.05) is 21.3 Å². The van der Waals surface area contributed by atoms with E-state index in [1.54, 1.807) is 21.3 Å². The van der Waals surface area contributed by atoms with Crippen LogP contribution in [-0.4, -0.2) is 33.5 Å². The standard InChI is InChI=1S/C22H35NO3/c1-7-8-13-22(19-14-17(24-4)10-9-15(19)2)18(16(3)23)11-12-20(25-5)21(22)26-6/h9-10,12,14,16,18,21H,7-8,11,13,23H2,1-6H3/t16?,18?,21?,22-/m1/s1. The van der Waals surface area contributed by atoms with Crippen molar-refractivity contribution in [1.82, 2.24) is 0 Å². The predicted molar refractivity (Wildman–Crippen MR) is 107 cm³/mol. The third kappa shape index (κ3) is 3.63. The second-order valence-corrected chi connectivity index (χ2v) is 7.45. The molecule has 0 aromatic heterocycles. The number of hydrogen-bond donors (Lipinski definition) is 1. The minimum Gasteiger partial charge on any atom is -0.499 e. The maximum Gasteiger partial charge on any atom is 0.124 e. The first-order valence-electron chi connectivity index (χ1n) is 9.63. The summed E-state index contributed by atoms with van der Waals surface area (Å²) in [4.78, 5) is 0. The Morgan fingerprint density at radius 1 is 1.23 bits per heavy atom. The molecule has 0 amide bonds. The zero-order valence-corrected chi connectivity index (χ0v) is 17.2. The summed E-state index contributed by atoms with van der Waals surface area (Å²) in [6.45, 7) is 6.50. The lowest BCUT2D eigenvalue weighted by Gasteiger charge is -2.51. The first-order valence-corrected chi connectivity index (χ1v) is 9.63.